The van der Waals surface area contributed by atoms with Gasteiger partial charge in [0.2, 0.25) is 0 Å². The zero-order chi connectivity index (χ0) is 26.8. The van der Waals surface area contributed by atoms with E-state index in [2.05, 4.69) is 86.3 Å². The molecule has 3 unspecified atom stereocenters. The third kappa shape index (κ3) is 4.52. The molecule has 2 rings (SSSR count). The molecule has 4 heteroatoms. The predicted octanol–water partition coefficient (Wildman–Crippen LogP) is 7.62. The van der Waals surface area contributed by atoms with Crippen LogP contribution in [0.3, 0.4) is 0 Å². The van der Waals surface area contributed by atoms with E-state index in [4.69, 9.17) is 5.73 Å². The molecule has 0 aromatic heterocycles. The van der Waals surface area contributed by atoms with Crippen LogP contribution in [-0.2, 0) is 0 Å². The number of benzene rings is 1. The minimum atomic E-state index is -0.182. The van der Waals surface area contributed by atoms with Gasteiger partial charge in [0.15, 0.2) is 0 Å². The first-order chi connectivity index (χ1) is 16.4. The third-order valence-corrected chi connectivity index (χ3v) is 10.4. The van der Waals surface area contributed by atoms with Gasteiger partial charge in [-0.25, -0.2) is 0 Å². The minimum absolute atomic E-state index is 0.0688. The molecule has 3 atom stereocenters. The summed E-state index contributed by atoms with van der Waals surface area (Å²) in [7, 11) is 0. The maximum atomic E-state index is 10.5. The van der Waals surface area contributed by atoms with E-state index >= 15 is 0 Å². The van der Waals surface area contributed by atoms with Gasteiger partial charge in [0.25, 0.3) is 0 Å². The lowest BCUT2D eigenvalue weighted by molar-refractivity contribution is -0.0522. The smallest absolute Gasteiger partial charge is 0.0515 e. The maximum Gasteiger partial charge on any atom is 0.0515 e. The summed E-state index contributed by atoms with van der Waals surface area (Å²) in [5.74, 6) is 0.387. The van der Waals surface area contributed by atoms with Crippen molar-refractivity contribution in [2.24, 2.45) is 10.8 Å². The van der Waals surface area contributed by atoms with Gasteiger partial charge >= 0.3 is 0 Å². The summed E-state index contributed by atoms with van der Waals surface area (Å²) < 4.78 is 0. The van der Waals surface area contributed by atoms with Crippen molar-refractivity contribution < 1.29 is 10.2 Å². The van der Waals surface area contributed by atoms with Gasteiger partial charge in [0.1, 0.15) is 0 Å². The first-order valence-corrected chi connectivity index (χ1v) is 14.3. The number of nitrogen functional groups attached to an aromatic ring is 1. The van der Waals surface area contributed by atoms with E-state index in [0.29, 0.717) is 5.92 Å². The van der Waals surface area contributed by atoms with E-state index < -0.39 is 0 Å². The van der Waals surface area contributed by atoms with Crippen LogP contribution >= 0.6 is 0 Å². The maximum absolute atomic E-state index is 10.5. The summed E-state index contributed by atoms with van der Waals surface area (Å²) in [6, 6.07) is 4.51. The molecule has 35 heavy (non-hydrogen) atoms. The monoisotopic (exact) mass is 488 g/mol. The summed E-state index contributed by atoms with van der Waals surface area (Å²) in [6.45, 7) is 23.7. The Labute approximate surface area is 216 Å². The first-order valence-electron chi connectivity index (χ1n) is 14.3. The fourth-order valence-corrected chi connectivity index (χ4v) is 8.33. The zero-order valence-corrected chi connectivity index (χ0v) is 24.6. The van der Waals surface area contributed by atoms with E-state index in [0.717, 1.165) is 50.6 Å². The van der Waals surface area contributed by atoms with Gasteiger partial charge in [0, 0.05) is 29.4 Å². The number of aliphatic hydroxyl groups is 2. The highest BCUT2D eigenvalue weighted by molar-refractivity contribution is 5.70. The number of aliphatic hydroxyl groups excluding tert-OH is 2. The Hall–Kier alpha value is -1.26. The number of nitrogens with two attached hydrogens (primary N) is 1. The number of nitrogens with zero attached hydrogens (tertiary/aromatic N) is 1. The molecule has 202 valence electrons. The Morgan fingerprint density at radius 3 is 1.97 bits per heavy atom. The standard InChI is InChI=1S/C31H56N2O2/c1-11-29(10,16-17-34)31(15-5,30(12-2,13-3)14-4)33-27-19-24(22(6)7)26(32)18-25(27)23(21-35)20-28(33,8)9/h18-19,22-23,34-35H,11-17,20-21,32H2,1-10H3. The van der Waals surface area contributed by atoms with Crippen LogP contribution in [0.15, 0.2) is 12.1 Å². The van der Waals surface area contributed by atoms with Crippen LogP contribution in [0.4, 0.5) is 11.4 Å². The molecular formula is C31H56N2O2. The highest BCUT2D eigenvalue weighted by atomic mass is 16.3. The van der Waals surface area contributed by atoms with Gasteiger partial charge in [-0.2, -0.15) is 0 Å². The number of anilines is 2. The highest BCUT2D eigenvalue weighted by Crippen LogP contribution is 2.63. The molecule has 1 heterocycles. The lowest BCUT2D eigenvalue weighted by atomic mass is 9.48. The molecular weight excluding hydrogens is 432 g/mol. The quantitative estimate of drug-likeness (QED) is 0.265. The molecule has 1 aliphatic rings. The van der Waals surface area contributed by atoms with Crippen LogP contribution in [0.1, 0.15) is 137 Å². The third-order valence-electron chi connectivity index (χ3n) is 10.4. The SMILES string of the molecule is CCC(C)(CCO)C(CC)(N1c2cc(C(C)C)c(N)cc2C(CO)CC1(C)C)C(CC)(CC)CC. The molecule has 0 radical (unpaired) electrons. The Morgan fingerprint density at radius 1 is 1.00 bits per heavy atom. The summed E-state index contributed by atoms with van der Waals surface area (Å²) in [5, 5.41) is 20.8. The van der Waals surface area contributed by atoms with Crippen molar-refractivity contribution in [2.75, 3.05) is 23.8 Å². The molecule has 4 nitrogen and oxygen atoms in total. The molecule has 0 aliphatic carbocycles. The van der Waals surface area contributed by atoms with Crippen molar-refractivity contribution >= 4 is 11.4 Å². The van der Waals surface area contributed by atoms with Gasteiger partial charge in [-0.15, -0.1) is 0 Å². The Balaban J connectivity index is 3.14. The lowest BCUT2D eigenvalue weighted by Crippen LogP contribution is -2.73. The molecule has 1 aliphatic heterocycles. The zero-order valence-electron chi connectivity index (χ0n) is 24.6. The van der Waals surface area contributed by atoms with Gasteiger partial charge in [-0.05, 0) is 98.8 Å². The van der Waals surface area contributed by atoms with Gasteiger partial charge in [0.05, 0.1) is 12.1 Å². The number of hydrogen-bond acceptors (Lipinski definition) is 4. The summed E-state index contributed by atoms with van der Waals surface area (Å²) in [6.07, 6.45) is 6.92. The Morgan fingerprint density at radius 2 is 1.57 bits per heavy atom. The topological polar surface area (TPSA) is 69.7 Å². The number of fused-ring (bicyclic) bond motifs is 1. The van der Waals surface area contributed by atoms with Crippen LogP contribution in [0.2, 0.25) is 0 Å². The molecule has 0 bridgehead atoms. The first kappa shape index (κ1) is 30.0. The second kappa shape index (κ2) is 11.0. The fourth-order valence-electron chi connectivity index (χ4n) is 8.33. The largest absolute Gasteiger partial charge is 0.398 e. The van der Waals surface area contributed by atoms with Crippen LogP contribution < -0.4 is 10.6 Å². The van der Waals surface area contributed by atoms with Crippen LogP contribution in [0.5, 0.6) is 0 Å². The van der Waals surface area contributed by atoms with E-state index in [1.54, 1.807) is 0 Å². The molecule has 0 fully saturated rings. The van der Waals surface area contributed by atoms with Gasteiger partial charge in [-0.1, -0.05) is 55.4 Å². The Kier molecular flexibility index (Phi) is 9.42. The van der Waals surface area contributed by atoms with Crippen molar-refractivity contribution in [3.63, 3.8) is 0 Å². The van der Waals surface area contributed by atoms with Crippen molar-refractivity contribution in [1.82, 2.24) is 0 Å². The average Bonchev–Trinajstić information content (AvgIpc) is 2.82. The molecule has 0 saturated carbocycles. The normalized spacial score (nSPS) is 21.5. The highest BCUT2D eigenvalue weighted by Gasteiger charge is 2.63. The molecule has 0 spiro atoms. The van der Waals surface area contributed by atoms with Crippen molar-refractivity contribution in [3.8, 4) is 0 Å². The summed E-state index contributed by atoms with van der Waals surface area (Å²) >= 11 is 0. The minimum Gasteiger partial charge on any atom is -0.398 e. The molecule has 4 N–H and O–H groups in total. The second-order valence-electron chi connectivity index (χ2n) is 12.4. The van der Waals surface area contributed by atoms with Crippen LogP contribution in [0.25, 0.3) is 0 Å². The van der Waals surface area contributed by atoms with Crippen molar-refractivity contribution in [1.29, 1.82) is 0 Å². The van der Waals surface area contributed by atoms with E-state index in [1.807, 2.05) is 0 Å². The molecule has 1 aromatic carbocycles. The summed E-state index contributed by atoms with van der Waals surface area (Å²) in [4.78, 5) is 2.79. The second-order valence-corrected chi connectivity index (χ2v) is 12.4. The van der Waals surface area contributed by atoms with E-state index in [9.17, 15) is 10.2 Å². The van der Waals surface area contributed by atoms with E-state index in [-0.39, 0.29) is 41.0 Å². The Bertz CT molecular complexity index is 836. The molecule has 0 saturated heterocycles. The van der Waals surface area contributed by atoms with Crippen molar-refractivity contribution in [3.05, 3.63) is 23.3 Å². The van der Waals surface area contributed by atoms with Gasteiger partial charge < -0.3 is 20.8 Å². The summed E-state index contributed by atoms with van der Waals surface area (Å²) in [5.41, 5.74) is 10.7. The van der Waals surface area contributed by atoms with Crippen LogP contribution in [-0.4, -0.2) is 34.5 Å². The lowest BCUT2D eigenvalue weighted by Gasteiger charge is -2.70. The molecule has 0 amide bonds. The predicted molar refractivity (Wildman–Crippen MR) is 152 cm³/mol. The van der Waals surface area contributed by atoms with Crippen molar-refractivity contribution in [2.45, 2.75) is 137 Å². The fraction of sp³-hybridized carbons (Fsp3) is 0.806. The van der Waals surface area contributed by atoms with Crippen LogP contribution in [0, 0.1) is 10.8 Å². The van der Waals surface area contributed by atoms with Gasteiger partial charge in [-0.3, -0.25) is 0 Å². The molecule has 1 aromatic rings. The number of rotatable bonds is 12. The average molecular weight is 489 g/mol. The number of hydrogen-bond donors (Lipinski definition) is 3. The van der Waals surface area contributed by atoms with E-state index in [1.165, 1.54) is 16.8 Å².